The Morgan fingerprint density at radius 1 is 1.58 bits per heavy atom. The van der Waals surface area contributed by atoms with E-state index in [1.165, 1.54) is 5.69 Å². The normalized spacial score (nSPS) is 10.5. The number of aromatic nitrogens is 2. The molecule has 1 rings (SSSR count). The second-order valence-corrected chi connectivity index (χ2v) is 3.01. The van der Waals surface area contributed by atoms with Crippen molar-refractivity contribution in [2.24, 2.45) is 7.05 Å². The summed E-state index contributed by atoms with van der Waals surface area (Å²) in [6.45, 7) is 1.84. The molecule has 0 radical (unpaired) electrons. The zero-order valence-electron chi connectivity index (χ0n) is 7.26. The Kier molecular flexibility index (Phi) is 4.11. The smallest absolute Gasteiger partial charge is 0.0492 e. The van der Waals surface area contributed by atoms with Crippen LogP contribution in [0, 0.1) is 0 Å². The van der Waals surface area contributed by atoms with Gasteiger partial charge in [0.15, 0.2) is 0 Å². The fourth-order valence-electron chi connectivity index (χ4n) is 1.05. The van der Waals surface area contributed by atoms with Gasteiger partial charge in [-0.3, -0.25) is 4.68 Å². The summed E-state index contributed by atoms with van der Waals surface area (Å²) in [5.74, 6) is 0.672. The van der Waals surface area contributed by atoms with Crippen LogP contribution in [-0.4, -0.2) is 28.8 Å². The molecule has 0 aromatic carbocycles. The van der Waals surface area contributed by atoms with Crippen LogP contribution < -0.4 is 5.32 Å². The van der Waals surface area contributed by atoms with Gasteiger partial charge in [0.2, 0.25) is 0 Å². The van der Waals surface area contributed by atoms with Gasteiger partial charge in [0, 0.05) is 44.3 Å². The third-order valence-corrected chi connectivity index (χ3v) is 1.94. The highest BCUT2D eigenvalue weighted by Gasteiger charge is 1.96. The van der Waals surface area contributed by atoms with Gasteiger partial charge in [-0.15, -0.1) is 11.6 Å². The maximum absolute atomic E-state index is 5.51. The van der Waals surface area contributed by atoms with Crippen LogP contribution in [0.2, 0.25) is 0 Å². The average Bonchev–Trinajstić information content (AvgIpc) is 2.46. The number of rotatable bonds is 5. The molecule has 12 heavy (non-hydrogen) atoms. The molecule has 1 N–H and O–H groups in total. The topological polar surface area (TPSA) is 29.9 Å². The number of nitrogens with one attached hydrogen (secondary N) is 1. The van der Waals surface area contributed by atoms with Crippen LogP contribution in [0.1, 0.15) is 5.69 Å². The molecule has 0 saturated carbocycles. The lowest BCUT2D eigenvalue weighted by atomic mass is 10.3. The molecular weight excluding hydrogens is 174 g/mol. The third kappa shape index (κ3) is 2.83. The molecule has 0 spiro atoms. The van der Waals surface area contributed by atoms with Gasteiger partial charge in [-0.2, -0.15) is 5.10 Å². The molecule has 68 valence electrons. The van der Waals surface area contributed by atoms with Gasteiger partial charge in [-0.25, -0.2) is 0 Å². The van der Waals surface area contributed by atoms with Gasteiger partial charge in [-0.05, 0) is 6.07 Å². The van der Waals surface area contributed by atoms with Crippen molar-refractivity contribution in [2.45, 2.75) is 6.42 Å². The SMILES string of the molecule is Cn1nccc1CCNCCCl. The highest BCUT2D eigenvalue weighted by Crippen LogP contribution is 1.95. The first-order chi connectivity index (χ1) is 5.84. The number of alkyl halides is 1. The van der Waals surface area contributed by atoms with E-state index < -0.39 is 0 Å². The molecular formula is C8H14ClN3. The average molecular weight is 188 g/mol. The summed E-state index contributed by atoms with van der Waals surface area (Å²) in [7, 11) is 1.96. The molecule has 4 heteroatoms. The molecule has 0 amide bonds. The van der Waals surface area contributed by atoms with E-state index in [9.17, 15) is 0 Å². The van der Waals surface area contributed by atoms with Crippen molar-refractivity contribution in [1.82, 2.24) is 15.1 Å². The molecule has 1 heterocycles. The fraction of sp³-hybridized carbons (Fsp3) is 0.625. The maximum atomic E-state index is 5.51. The summed E-state index contributed by atoms with van der Waals surface area (Å²) in [5.41, 5.74) is 1.25. The molecule has 0 saturated heterocycles. The summed E-state index contributed by atoms with van der Waals surface area (Å²) >= 11 is 5.51. The second kappa shape index (κ2) is 5.17. The van der Waals surface area contributed by atoms with Gasteiger partial charge in [-0.1, -0.05) is 0 Å². The standard InChI is InChI=1S/C8H14ClN3/c1-12-8(3-6-11-12)2-5-10-7-4-9/h3,6,10H,2,4-5,7H2,1H3. The Labute approximate surface area is 77.7 Å². The molecule has 0 fully saturated rings. The largest absolute Gasteiger partial charge is 0.315 e. The Bertz CT molecular complexity index is 222. The van der Waals surface area contributed by atoms with E-state index in [1.807, 2.05) is 24.0 Å². The zero-order chi connectivity index (χ0) is 8.81. The van der Waals surface area contributed by atoms with Crippen LogP contribution in [0.25, 0.3) is 0 Å². The molecule has 0 bridgehead atoms. The monoisotopic (exact) mass is 187 g/mol. The molecule has 3 nitrogen and oxygen atoms in total. The van der Waals surface area contributed by atoms with Crippen LogP contribution >= 0.6 is 11.6 Å². The second-order valence-electron chi connectivity index (χ2n) is 2.64. The molecule has 1 aromatic rings. The third-order valence-electron chi connectivity index (χ3n) is 1.75. The first-order valence-electron chi connectivity index (χ1n) is 4.08. The van der Waals surface area contributed by atoms with Crippen molar-refractivity contribution in [2.75, 3.05) is 19.0 Å². The van der Waals surface area contributed by atoms with Crippen molar-refractivity contribution < 1.29 is 0 Å². The number of hydrogen-bond acceptors (Lipinski definition) is 2. The molecule has 0 unspecified atom stereocenters. The van der Waals surface area contributed by atoms with Crippen molar-refractivity contribution in [3.8, 4) is 0 Å². The molecule has 1 aromatic heterocycles. The Balaban J connectivity index is 2.20. The van der Waals surface area contributed by atoms with Crippen molar-refractivity contribution >= 4 is 11.6 Å². The minimum atomic E-state index is 0.672. The minimum Gasteiger partial charge on any atom is -0.315 e. The van der Waals surface area contributed by atoms with E-state index in [4.69, 9.17) is 11.6 Å². The predicted molar refractivity (Wildman–Crippen MR) is 50.5 cm³/mol. The van der Waals surface area contributed by atoms with Gasteiger partial charge in [0.05, 0.1) is 0 Å². The highest BCUT2D eigenvalue weighted by atomic mass is 35.5. The molecule has 0 aliphatic rings. The lowest BCUT2D eigenvalue weighted by Crippen LogP contribution is -2.20. The van der Waals surface area contributed by atoms with Crippen LogP contribution in [-0.2, 0) is 13.5 Å². The highest BCUT2D eigenvalue weighted by molar-refractivity contribution is 6.18. The lowest BCUT2D eigenvalue weighted by Gasteiger charge is -2.02. The summed E-state index contributed by atoms with van der Waals surface area (Å²) in [4.78, 5) is 0. The van der Waals surface area contributed by atoms with E-state index in [2.05, 4.69) is 10.4 Å². The maximum Gasteiger partial charge on any atom is 0.0492 e. The molecule has 0 atom stereocenters. The van der Waals surface area contributed by atoms with E-state index in [0.29, 0.717) is 5.88 Å². The van der Waals surface area contributed by atoms with Crippen LogP contribution in [0.3, 0.4) is 0 Å². The molecule has 0 aliphatic heterocycles. The Morgan fingerprint density at radius 2 is 2.42 bits per heavy atom. The van der Waals surface area contributed by atoms with Crippen molar-refractivity contribution in [3.05, 3.63) is 18.0 Å². The fourth-order valence-corrected chi connectivity index (χ4v) is 1.19. The number of nitrogens with zero attached hydrogens (tertiary/aromatic N) is 2. The number of hydrogen-bond donors (Lipinski definition) is 1. The van der Waals surface area contributed by atoms with Crippen molar-refractivity contribution in [3.63, 3.8) is 0 Å². The minimum absolute atomic E-state index is 0.672. The number of halogens is 1. The molecule has 0 aliphatic carbocycles. The predicted octanol–water partition coefficient (Wildman–Crippen LogP) is 0.791. The number of aryl methyl sites for hydroxylation is 1. The van der Waals surface area contributed by atoms with E-state index in [1.54, 1.807) is 0 Å². The van der Waals surface area contributed by atoms with Crippen LogP contribution in [0.5, 0.6) is 0 Å². The summed E-state index contributed by atoms with van der Waals surface area (Å²) in [6.07, 6.45) is 2.82. The van der Waals surface area contributed by atoms with E-state index in [0.717, 1.165) is 19.5 Å². The van der Waals surface area contributed by atoms with Gasteiger partial charge in [0.25, 0.3) is 0 Å². The first kappa shape index (κ1) is 9.55. The van der Waals surface area contributed by atoms with Crippen LogP contribution in [0.4, 0.5) is 0 Å². The van der Waals surface area contributed by atoms with E-state index >= 15 is 0 Å². The van der Waals surface area contributed by atoms with Gasteiger partial charge < -0.3 is 5.32 Å². The zero-order valence-corrected chi connectivity index (χ0v) is 8.01. The Morgan fingerprint density at radius 3 is 3.00 bits per heavy atom. The lowest BCUT2D eigenvalue weighted by molar-refractivity contribution is 0.659. The van der Waals surface area contributed by atoms with Gasteiger partial charge >= 0.3 is 0 Å². The summed E-state index contributed by atoms with van der Waals surface area (Å²) < 4.78 is 1.89. The van der Waals surface area contributed by atoms with E-state index in [-0.39, 0.29) is 0 Å². The van der Waals surface area contributed by atoms with Gasteiger partial charge in [0.1, 0.15) is 0 Å². The quantitative estimate of drug-likeness (QED) is 0.546. The Hall–Kier alpha value is -0.540. The van der Waals surface area contributed by atoms with Crippen molar-refractivity contribution in [1.29, 1.82) is 0 Å². The summed E-state index contributed by atoms with van der Waals surface area (Å²) in [6, 6.07) is 2.03. The van der Waals surface area contributed by atoms with Crippen LogP contribution in [0.15, 0.2) is 12.3 Å². The first-order valence-corrected chi connectivity index (χ1v) is 4.61. The summed E-state index contributed by atoms with van der Waals surface area (Å²) in [5, 5.41) is 7.31.